The summed E-state index contributed by atoms with van der Waals surface area (Å²) in [4.78, 5) is 29.1. The van der Waals surface area contributed by atoms with E-state index in [1.54, 1.807) is 0 Å². The lowest BCUT2D eigenvalue weighted by Gasteiger charge is -2.28. The number of hydrogen-bond donors (Lipinski definition) is 1. The minimum atomic E-state index is 0.0372. The lowest BCUT2D eigenvalue weighted by Crippen LogP contribution is -2.38. The maximum atomic E-state index is 12.5. The largest absolute Gasteiger partial charge is 0.349 e. The van der Waals surface area contributed by atoms with Crippen molar-refractivity contribution in [3.8, 4) is 0 Å². The zero-order valence-electron chi connectivity index (χ0n) is 16.2. The fourth-order valence-electron chi connectivity index (χ4n) is 3.86. The van der Waals surface area contributed by atoms with Crippen LogP contribution in [0.3, 0.4) is 0 Å². The third-order valence-electron chi connectivity index (χ3n) is 5.90. The highest BCUT2D eigenvalue weighted by Crippen LogP contribution is 2.28. The number of carbonyl (C=O) groups is 2. The number of carbonyl (C=O) groups excluding carboxylic acids is 2. The van der Waals surface area contributed by atoms with Gasteiger partial charge in [0.2, 0.25) is 5.91 Å². The Morgan fingerprint density at radius 2 is 1.70 bits per heavy atom. The predicted molar refractivity (Wildman–Crippen MR) is 105 cm³/mol. The number of amides is 2. The first-order valence-electron chi connectivity index (χ1n) is 10.6. The Morgan fingerprint density at radius 3 is 2.33 bits per heavy atom. The van der Waals surface area contributed by atoms with E-state index in [1.165, 1.54) is 24.8 Å². The zero-order valence-corrected chi connectivity index (χ0v) is 16.2. The fraction of sp³-hybridized carbons (Fsp3) is 0.636. The summed E-state index contributed by atoms with van der Waals surface area (Å²) in [5.41, 5.74) is 1.96. The van der Waals surface area contributed by atoms with E-state index in [2.05, 4.69) is 22.3 Å². The smallest absolute Gasteiger partial charge is 0.251 e. The highest BCUT2D eigenvalue weighted by atomic mass is 16.2. The molecule has 1 aromatic carbocycles. The van der Waals surface area contributed by atoms with Crippen LogP contribution in [-0.2, 0) is 11.3 Å². The van der Waals surface area contributed by atoms with E-state index in [4.69, 9.17) is 0 Å². The molecule has 0 atom stereocenters. The van der Waals surface area contributed by atoms with Crippen LogP contribution in [0.5, 0.6) is 0 Å². The molecular formula is C22H31N3O2. The van der Waals surface area contributed by atoms with Crippen molar-refractivity contribution in [3.05, 3.63) is 35.4 Å². The summed E-state index contributed by atoms with van der Waals surface area (Å²) in [5.74, 6) is 0.350. The summed E-state index contributed by atoms with van der Waals surface area (Å²) in [6, 6.07) is 8.98. The van der Waals surface area contributed by atoms with Gasteiger partial charge in [-0.15, -0.1) is 0 Å². The third-order valence-corrected chi connectivity index (χ3v) is 5.90. The molecule has 1 aliphatic heterocycles. The van der Waals surface area contributed by atoms with Crippen LogP contribution in [0.15, 0.2) is 24.3 Å². The van der Waals surface area contributed by atoms with E-state index >= 15 is 0 Å². The van der Waals surface area contributed by atoms with Gasteiger partial charge in [-0.05, 0) is 62.6 Å². The van der Waals surface area contributed by atoms with Crippen molar-refractivity contribution < 1.29 is 9.59 Å². The minimum Gasteiger partial charge on any atom is -0.349 e. The first-order valence-corrected chi connectivity index (χ1v) is 10.6. The Morgan fingerprint density at radius 1 is 1.00 bits per heavy atom. The highest BCUT2D eigenvalue weighted by molar-refractivity contribution is 5.94. The van der Waals surface area contributed by atoms with Crippen molar-refractivity contribution in [1.29, 1.82) is 0 Å². The first-order chi connectivity index (χ1) is 13.2. The van der Waals surface area contributed by atoms with Gasteiger partial charge in [0, 0.05) is 50.2 Å². The summed E-state index contributed by atoms with van der Waals surface area (Å²) in [7, 11) is 0. The molecule has 2 saturated carbocycles. The quantitative estimate of drug-likeness (QED) is 0.766. The van der Waals surface area contributed by atoms with Gasteiger partial charge in [0.15, 0.2) is 0 Å². The molecule has 1 N–H and O–H groups in total. The topological polar surface area (TPSA) is 52.7 Å². The molecule has 2 amide bonds. The second-order valence-corrected chi connectivity index (χ2v) is 8.34. The monoisotopic (exact) mass is 369 g/mol. The van der Waals surface area contributed by atoms with Crippen LogP contribution in [0, 0.1) is 0 Å². The Bertz CT molecular complexity index is 659. The Hall–Kier alpha value is -1.88. The zero-order chi connectivity index (χ0) is 18.6. The minimum absolute atomic E-state index is 0.0372. The van der Waals surface area contributed by atoms with Gasteiger partial charge in [0.1, 0.15) is 0 Å². The van der Waals surface area contributed by atoms with E-state index in [9.17, 15) is 9.59 Å². The van der Waals surface area contributed by atoms with E-state index in [1.807, 2.05) is 17.0 Å². The fourth-order valence-corrected chi connectivity index (χ4v) is 3.86. The standard InChI is InChI=1S/C22H31N3O2/c26-21(24-13-2-1-3-14-24)12-15-25(20-10-11-20)16-17-4-6-18(7-5-17)22(27)23-19-8-9-19/h4-7,19-20H,1-3,8-16H2,(H,23,27). The second kappa shape index (κ2) is 8.42. The summed E-state index contributed by atoms with van der Waals surface area (Å²) < 4.78 is 0. The van der Waals surface area contributed by atoms with E-state index in [-0.39, 0.29) is 5.91 Å². The lowest BCUT2D eigenvalue weighted by molar-refractivity contribution is -0.132. The molecular weight excluding hydrogens is 338 g/mol. The van der Waals surface area contributed by atoms with Crippen molar-refractivity contribution in [3.63, 3.8) is 0 Å². The normalized spacial score (nSPS) is 20.0. The van der Waals surface area contributed by atoms with Crippen LogP contribution < -0.4 is 5.32 Å². The predicted octanol–water partition coefficient (Wildman–Crippen LogP) is 2.95. The summed E-state index contributed by atoms with van der Waals surface area (Å²) in [5, 5.41) is 3.03. The number of piperidine rings is 1. The van der Waals surface area contributed by atoms with Crippen molar-refractivity contribution in [1.82, 2.24) is 15.1 Å². The number of nitrogens with one attached hydrogen (secondary N) is 1. The van der Waals surface area contributed by atoms with Gasteiger partial charge in [0.25, 0.3) is 5.91 Å². The van der Waals surface area contributed by atoms with Crippen molar-refractivity contribution in [2.24, 2.45) is 0 Å². The van der Waals surface area contributed by atoms with Crippen molar-refractivity contribution in [2.75, 3.05) is 19.6 Å². The van der Waals surface area contributed by atoms with Crippen molar-refractivity contribution >= 4 is 11.8 Å². The van der Waals surface area contributed by atoms with Gasteiger partial charge >= 0.3 is 0 Å². The molecule has 0 spiro atoms. The summed E-state index contributed by atoms with van der Waals surface area (Å²) in [6.07, 6.45) is 8.87. The van der Waals surface area contributed by atoms with E-state index in [0.29, 0.717) is 24.4 Å². The highest BCUT2D eigenvalue weighted by Gasteiger charge is 2.30. The molecule has 5 nitrogen and oxygen atoms in total. The molecule has 1 aromatic rings. The molecule has 0 bridgehead atoms. The molecule has 5 heteroatoms. The summed E-state index contributed by atoms with van der Waals surface area (Å²) in [6.45, 7) is 3.58. The maximum absolute atomic E-state index is 12.5. The Kier molecular flexibility index (Phi) is 5.77. The molecule has 0 unspecified atom stereocenters. The SMILES string of the molecule is O=C(NC1CC1)c1ccc(CN(CCC(=O)N2CCCCC2)C2CC2)cc1. The van der Waals surface area contributed by atoms with Gasteiger partial charge in [-0.1, -0.05) is 12.1 Å². The molecule has 0 radical (unpaired) electrons. The van der Waals surface area contributed by atoms with Crippen LogP contribution in [0.2, 0.25) is 0 Å². The van der Waals surface area contributed by atoms with Gasteiger partial charge in [-0.3, -0.25) is 14.5 Å². The molecule has 3 fully saturated rings. The number of rotatable bonds is 8. The van der Waals surface area contributed by atoms with E-state index < -0.39 is 0 Å². The average molecular weight is 370 g/mol. The second-order valence-electron chi connectivity index (χ2n) is 8.34. The first kappa shape index (κ1) is 18.5. The number of hydrogen-bond acceptors (Lipinski definition) is 3. The molecule has 4 rings (SSSR count). The van der Waals surface area contributed by atoms with Gasteiger partial charge in [0.05, 0.1) is 0 Å². The summed E-state index contributed by atoms with van der Waals surface area (Å²) >= 11 is 0. The molecule has 2 aliphatic carbocycles. The molecule has 0 aromatic heterocycles. The third kappa shape index (κ3) is 5.32. The van der Waals surface area contributed by atoms with Crippen LogP contribution in [-0.4, -0.2) is 53.3 Å². The van der Waals surface area contributed by atoms with Crippen LogP contribution in [0.1, 0.15) is 67.3 Å². The van der Waals surface area contributed by atoms with Crippen LogP contribution in [0.4, 0.5) is 0 Å². The van der Waals surface area contributed by atoms with Gasteiger partial charge < -0.3 is 10.2 Å². The van der Waals surface area contributed by atoms with Crippen LogP contribution in [0.25, 0.3) is 0 Å². The molecule has 1 heterocycles. The number of nitrogens with zero attached hydrogens (tertiary/aromatic N) is 2. The van der Waals surface area contributed by atoms with Gasteiger partial charge in [-0.25, -0.2) is 0 Å². The number of likely N-dealkylation sites (tertiary alicyclic amines) is 1. The Labute approximate surface area is 162 Å². The van der Waals surface area contributed by atoms with Crippen LogP contribution >= 0.6 is 0 Å². The van der Waals surface area contributed by atoms with E-state index in [0.717, 1.165) is 57.4 Å². The molecule has 3 aliphatic rings. The lowest BCUT2D eigenvalue weighted by atomic mass is 10.1. The molecule has 146 valence electrons. The van der Waals surface area contributed by atoms with Crippen molar-refractivity contribution in [2.45, 2.75) is 70.0 Å². The van der Waals surface area contributed by atoms with Gasteiger partial charge in [-0.2, -0.15) is 0 Å². The molecule has 1 saturated heterocycles. The average Bonchev–Trinajstić information content (AvgIpc) is 3.60. The Balaban J connectivity index is 1.28. The number of benzene rings is 1. The maximum Gasteiger partial charge on any atom is 0.251 e. The molecule has 27 heavy (non-hydrogen) atoms.